The summed E-state index contributed by atoms with van der Waals surface area (Å²) in [7, 11) is 0. The molecule has 0 unspecified atom stereocenters. The van der Waals surface area contributed by atoms with E-state index in [1.807, 2.05) is 26.2 Å². The van der Waals surface area contributed by atoms with E-state index in [-0.39, 0.29) is 0 Å². The number of esters is 1. The van der Waals surface area contributed by atoms with Gasteiger partial charge in [0, 0.05) is 6.20 Å². The summed E-state index contributed by atoms with van der Waals surface area (Å²) in [6, 6.07) is 0. The second-order valence-electron chi connectivity index (χ2n) is 3.30. The number of nitrogens with zero attached hydrogens (tertiary/aromatic N) is 1. The Bertz CT molecular complexity index is 551. The molecular weight excluding hydrogens is 270 g/mol. The maximum absolute atomic E-state index is 11.6. The Hall–Kier alpha value is -1.13. The van der Waals surface area contributed by atoms with Crippen LogP contribution in [0.4, 0.5) is 0 Å². The molecular formula is C13H16ClNO2S. The van der Waals surface area contributed by atoms with Gasteiger partial charge in [-0.3, -0.25) is 4.98 Å². The molecule has 0 bridgehead atoms. The molecule has 5 heteroatoms. The third-order valence-electron chi connectivity index (χ3n) is 2.20. The van der Waals surface area contributed by atoms with Crippen molar-refractivity contribution in [3.63, 3.8) is 0 Å². The van der Waals surface area contributed by atoms with Crippen LogP contribution in [0.15, 0.2) is 11.6 Å². The number of halogens is 1. The van der Waals surface area contributed by atoms with E-state index in [4.69, 9.17) is 16.3 Å². The molecule has 18 heavy (non-hydrogen) atoms. The van der Waals surface area contributed by atoms with Crippen molar-refractivity contribution in [1.29, 1.82) is 0 Å². The number of carbonyl (C=O) groups is 1. The molecule has 0 aromatic carbocycles. The Morgan fingerprint density at radius 3 is 2.78 bits per heavy atom. The summed E-state index contributed by atoms with van der Waals surface area (Å²) in [4.78, 5) is 15.8. The largest absolute Gasteiger partial charge is 0.462 e. The van der Waals surface area contributed by atoms with Crippen molar-refractivity contribution in [3.05, 3.63) is 27.7 Å². The average Bonchev–Trinajstić information content (AvgIpc) is 2.75. The number of thiophene rings is 1. The summed E-state index contributed by atoms with van der Waals surface area (Å²) in [6.07, 6.45) is 1.47. The molecule has 0 aliphatic rings. The molecule has 0 spiro atoms. The Labute approximate surface area is 116 Å². The third-order valence-corrected chi connectivity index (χ3v) is 3.81. The van der Waals surface area contributed by atoms with Gasteiger partial charge < -0.3 is 4.74 Å². The molecule has 0 aliphatic carbocycles. The van der Waals surface area contributed by atoms with E-state index < -0.39 is 5.97 Å². The minimum atomic E-state index is -0.423. The first-order valence-corrected chi connectivity index (χ1v) is 7.10. The Morgan fingerprint density at radius 2 is 2.17 bits per heavy atom. The molecule has 0 radical (unpaired) electrons. The van der Waals surface area contributed by atoms with Gasteiger partial charge in [0.25, 0.3) is 0 Å². The first kappa shape index (κ1) is 14.9. The molecule has 0 amide bonds. The first-order chi connectivity index (χ1) is 8.65. The van der Waals surface area contributed by atoms with E-state index in [0.717, 1.165) is 15.8 Å². The molecule has 3 nitrogen and oxygen atoms in total. The van der Waals surface area contributed by atoms with Crippen LogP contribution in [0.2, 0.25) is 5.02 Å². The lowest BCUT2D eigenvalue weighted by Crippen LogP contribution is -2.05. The fourth-order valence-corrected chi connectivity index (χ4v) is 2.71. The summed E-state index contributed by atoms with van der Waals surface area (Å²) >= 11 is 7.64. The molecule has 2 aromatic rings. The average molecular weight is 286 g/mol. The second kappa shape index (κ2) is 6.71. The van der Waals surface area contributed by atoms with Crippen molar-refractivity contribution >= 4 is 39.1 Å². The zero-order valence-corrected chi connectivity index (χ0v) is 12.5. The van der Waals surface area contributed by atoms with Gasteiger partial charge in [-0.1, -0.05) is 25.4 Å². The van der Waals surface area contributed by atoms with E-state index in [0.29, 0.717) is 17.2 Å². The fraction of sp³-hybridized carbons (Fsp3) is 0.385. The molecule has 0 saturated carbocycles. The van der Waals surface area contributed by atoms with E-state index in [9.17, 15) is 4.79 Å². The van der Waals surface area contributed by atoms with Crippen molar-refractivity contribution in [3.8, 4) is 0 Å². The van der Waals surface area contributed by atoms with Crippen LogP contribution < -0.4 is 0 Å². The number of hydrogen-bond donors (Lipinski definition) is 0. The predicted octanol–water partition coefficient (Wildman–Crippen LogP) is 4.46. The minimum absolute atomic E-state index is 0.330. The summed E-state index contributed by atoms with van der Waals surface area (Å²) < 4.78 is 5.74. The lowest BCUT2D eigenvalue weighted by Gasteiger charge is -2.04. The lowest BCUT2D eigenvalue weighted by molar-refractivity contribution is 0.0526. The van der Waals surface area contributed by atoms with Gasteiger partial charge in [-0.05, 0) is 24.8 Å². The maximum Gasteiger partial charge on any atom is 0.341 e. The van der Waals surface area contributed by atoms with Crippen LogP contribution in [-0.2, 0) is 4.74 Å². The topological polar surface area (TPSA) is 39.2 Å². The molecule has 2 rings (SSSR count). The van der Waals surface area contributed by atoms with Gasteiger partial charge in [-0.2, -0.15) is 0 Å². The highest BCUT2D eigenvalue weighted by Gasteiger charge is 2.16. The first-order valence-electron chi connectivity index (χ1n) is 5.84. The lowest BCUT2D eigenvalue weighted by atomic mass is 10.2. The number of fused-ring (bicyclic) bond motifs is 1. The van der Waals surface area contributed by atoms with E-state index >= 15 is 0 Å². The van der Waals surface area contributed by atoms with Gasteiger partial charge in [0.2, 0.25) is 0 Å². The van der Waals surface area contributed by atoms with Gasteiger partial charge in [0.05, 0.1) is 27.4 Å². The van der Waals surface area contributed by atoms with Gasteiger partial charge >= 0.3 is 5.97 Å². The number of pyridine rings is 1. The SMILES string of the molecule is CC.CCOC(=O)c1cnc2c(C)csc2c1Cl. The highest BCUT2D eigenvalue weighted by atomic mass is 35.5. The van der Waals surface area contributed by atoms with Crippen molar-refractivity contribution < 1.29 is 9.53 Å². The number of aromatic nitrogens is 1. The second-order valence-corrected chi connectivity index (χ2v) is 4.56. The molecule has 98 valence electrons. The zero-order valence-electron chi connectivity index (χ0n) is 10.9. The third kappa shape index (κ3) is 2.82. The monoisotopic (exact) mass is 285 g/mol. The van der Waals surface area contributed by atoms with E-state index in [2.05, 4.69) is 4.98 Å². The van der Waals surface area contributed by atoms with Crippen molar-refractivity contribution in [2.24, 2.45) is 0 Å². The maximum atomic E-state index is 11.6. The van der Waals surface area contributed by atoms with E-state index in [1.54, 1.807) is 6.92 Å². The van der Waals surface area contributed by atoms with Crippen LogP contribution in [0.5, 0.6) is 0 Å². The number of carbonyl (C=O) groups excluding carboxylic acids is 1. The minimum Gasteiger partial charge on any atom is -0.462 e. The van der Waals surface area contributed by atoms with Gasteiger partial charge in [0.15, 0.2) is 0 Å². The molecule has 0 saturated heterocycles. The van der Waals surface area contributed by atoms with Crippen LogP contribution in [0.3, 0.4) is 0 Å². The predicted molar refractivity (Wildman–Crippen MR) is 76.7 cm³/mol. The number of aryl methyl sites for hydroxylation is 1. The molecule has 2 heterocycles. The standard InChI is InChI=1S/C11H10ClNO2S.C2H6/c1-3-15-11(14)7-4-13-9-6(2)5-16-10(9)8(7)12;1-2/h4-5H,3H2,1-2H3;1-2H3. The number of ether oxygens (including phenoxy) is 1. The summed E-state index contributed by atoms with van der Waals surface area (Å²) in [6.45, 7) is 8.05. The smallest absolute Gasteiger partial charge is 0.341 e. The van der Waals surface area contributed by atoms with Crippen molar-refractivity contribution in [2.45, 2.75) is 27.7 Å². The van der Waals surface area contributed by atoms with Crippen molar-refractivity contribution in [2.75, 3.05) is 6.61 Å². The van der Waals surface area contributed by atoms with Gasteiger partial charge in [0.1, 0.15) is 0 Å². The van der Waals surface area contributed by atoms with Crippen molar-refractivity contribution in [1.82, 2.24) is 4.98 Å². The van der Waals surface area contributed by atoms with Crippen LogP contribution >= 0.6 is 22.9 Å². The summed E-state index contributed by atoms with van der Waals surface area (Å²) in [5.41, 5.74) is 2.25. The Balaban J connectivity index is 0.000000771. The number of hydrogen-bond acceptors (Lipinski definition) is 4. The van der Waals surface area contributed by atoms with Gasteiger partial charge in [-0.25, -0.2) is 4.79 Å². The Morgan fingerprint density at radius 1 is 1.50 bits per heavy atom. The molecule has 0 fully saturated rings. The highest BCUT2D eigenvalue weighted by Crippen LogP contribution is 2.32. The quantitative estimate of drug-likeness (QED) is 0.765. The molecule has 0 atom stereocenters. The van der Waals surface area contributed by atoms with Crippen LogP contribution in [0.1, 0.15) is 36.7 Å². The Kier molecular flexibility index (Phi) is 5.56. The van der Waals surface area contributed by atoms with Crippen LogP contribution in [0, 0.1) is 6.92 Å². The van der Waals surface area contributed by atoms with E-state index in [1.165, 1.54) is 17.5 Å². The molecule has 0 aliphatic heterocycles. The number of rotatable bonds is 2. The van der Waals surface area contributed by atoms with Gasteiger partial charge in [-0.15, -0.1) is 11.3 Å². The fourth-order valence-electron chi connectivity index (χ4n) is 1.41. The molecule has 0 N–H and O–H groups in total. The molecule has 2 aromatic heterocycles. The summed E-state index contributed by atoms with van der Waals surface area (Å²) in [5, 5.41) is 2.40. The summed E-state index contributed by atoms with van der Waals surface area (Å²) in [5.74, 6) is -0.423. The van der Waals surface area contributed by atoms with Crippen LogP contribution in [-0.4, -0.2) is 17.6 Å². The van der Waals surface area contributed by atoms with Crippen LogP contribution in [0.25, 0.3) is 10.2 Å². The normalized spacial score (nSPS) is 9.83. The highest BCUT2D eigenvalue weighted by molar-refractivity contribution is 7.18. The zero-order chi connectivity index (χ0) is 13.7.